The molecule has 6 heteroatoms. The number of carbonyl (C=O) groups excluding carboxylic acids is 1. The van der Waals surface area contributed by atoms with Gasteiger partial charge in [0.05, 0.1) is 29.7 Å². The second-order valence-electron chi connectivity index (χ2n) is 4.15. The van der Waals surface area contributed by atoms with Crippen molar-refractivity contribution in [2.75, 3.05) is 18.2 Å². The largest absolute Gasteiger partial charge is 0.494 e. The van der Waals surface area contributed by atoms with E-state index in [1.165, 1.54) is 7.11 Å². The summed E-state index contributed by atoms with van der Waals surface area (Å²) in [7, 11) is 1.47. The number of ether oxygens (including phenoxy) is 1. The minimum absolute atomic E-state index is 0.318. The Morgan fingerprint density at radius 3 is 2.75 bits per heavy atom. The summed E-state index contributed by atoms with van der Waals surface area (Å²) in [6.07, 6.45) is 0. The van der Waals surface area contributed by atoms with Crippen molar-refractivity contribution < 1.29 is 9.53 Å². The molecule has 0 radical (unpaired) electrons. The summed E-state index contributed by atoms with van der Waals surface area (Å²) in [6.45, 7) is 1.76. The number of aromatic nitrogens is 1. The molecule has 1 amide bonds. The van der Waals surface area contributed by atoms with E-state index in [4.69, 9.17) is 22.1 Å². The van der Waals surface area contributed by atoms with Crippen LogP contribution >= 0.6 is 11.6 Å². The zero-order valence-electron chi connectivity index (χ0n) is 11.1. The standard InChI is InChI=1S/C14H14ClN3O2/c1-8-11(6-7-12(15)17-8)18-14(19)9-4-3-5-10(16)13(9)20-2/h3-7H,16H2,1-2H3,(H,18,19). The van der Waals surface area contributed by atoms with Gasteiger partial charge in [0.1, 0.15) is 5.15 Å². The lowest BCUT2D eigenvalue weighted by Crippen LogP contribution is -2.15. The number of benzene rings is 1. The fraction of sp³-hybridized carbons (Fsp3) is 0.143. The Labute approximate surface area is 121 Å². The van der Waals surface area contributed by atoms with Crippen LogP contribution in [-0.4, -0.2) is 18.0 Å². The van der Waals surface area contributed by atoms with Gasteiger partial charge < -0.3 is 15.8 Å². The highest BCUT2D eigenvalue weighted by Crippen LogP contribution is 2.27. The average molecular weight is 292 g/mol. The van der Waals surface area contributed by atoms with Crippen molar-refractivity contribution in [1.82, 2.24) is 4.98 Å². The van der Waals surface area contributed by atoms with Crippen molar-refractivity contribution in [2.24, 2.45) is 0 Å². The lowest BCUT2D eigenvalue weighted by Gasteiger charge is -2.12. The molecule has 3 N–H and O–H groups in total. The number of nitrogens with one attached hydrogen (secondary N) is 1. The molecule has 0 saturated heterocycles. The summed E-state index contributed by atoms with van der Waals surface area (Å²) in [6, 6.07) is 8.32. The Bertz CT molecular complexity index is 659. The van der Waals surface area contributed by atoms with Crippen LogP contribution in [-0.2, 0) is 0 Å². The molecule has 0 fully saturated rings. The van der Waals surface area contributed by atoms with Gasteiger partial charge in [-0.1, -0.05) is 17.7 Å². The molecule has 0 spiro atoms. The second-order valence-corrected chi connectivity index (χ2v) is 4.54. The van der Waals surface area contributed by atoms with Crippen LogP contribution in [0.5, 0.6) is 5.75 Å². The quantitative estimate of drug-likeness (QED) is 0.673. The maximum atomic E-state index is 12.3. The molecule has 0 aliphatic rings. The normalized spacial score (nSPS) is 10.2. The molecular weight excluding hydrogens is 278 g/mol. The fourth-order valence-corrected chi connectivity index (χ4v) is 2.00. The molecule has 1 heterocycles. The van der Waals surface area contributed by atoms with Gasteiger partial charge in [-0.25, -0.2) is 4.98 Å². The highest BCUT2D eigenvalue weighted by Gasteiger charge is 2.15. The van der Waals surface area contributed by atoms with Crippen LogP contribution in [0.4, 0.5) is 11.4 Å². The molecule has 20 heavy (non-hydrogen) atoms. The van der Waals surface area contributed by atoms with Gasteiger partial charge in [-0.3, -0.25) is 4.79 Å². The summed E-state index contributed by atoms with van der Waals surface area (Å²) in [5.74, 6) is 0.0333. The maximum absolute atomic E-state index is 12.3. The molecular formula is C14H14ClN3O2. The zero-order valence-corrected chi connectivity index (χ0v) is 11.9. The molecule has 5 nitrogen and oxygen atoms in total. The summed E-state index contributed by atoms with van der Waals surface area (Å²) < 4.78 is 5.16. The number of halogens is 1. The number of hydrogen-bond donors (Lipinski definition) is 2. The van der Waals surface area contributed by atoms with E-state index < -0.39 is 0 Å². The maximum Gasteiger partial charge on any atom is 0.259 e. The molecule has 0 bridgehead atoms. The van der Waals surface area contributed by atoms with Crippen molar-refractivity contribution in [2.45, 2.75) is 6.92 Å². The van der Waals surface area contributed by atoms with Crippen LogP contribution in [0, 0.1) is 6.92 Å². The van der Waals surface area contributed by atoms with Crippen LogP contribution in [0.3, 0.4) is 0 Å². The minimum atomic E-state index is -0.318. The van der Waals surface area contributed by atoms with Crippen molar-refractivity contribution in [3.63, 3.8) is 0 Å². The first-order valence-corrected chi connectivity index (χ1v) is 6.27. The van der Waals surface area contributed by atoms with Crippen LogP contribution in [0.15, 0.2) is 30.3 Å². The van der Waals surface area contributed by atoms with E-state index in [2.05, 4.69) is 10.3 Å². The Morgan fingerprint density at radius 2 is 2.10 bits per heavy atom. The highest BCUT2D eigenvalue weighted by atomic mass is 35.5. The third-order valence-corrected chi connectivity index (χ3v) is 3.00. The van der Waals surface area contributed by atoms with Gasteiger partial charge in [-0.15, -0.1) is 0 Å². The van der Waals surface area contributed by atoms with Gasteiger partial charge in [0.15, 0.2) is 5.75 Å². The number of nitrogens with zero attached hydrogens (tertiary/aromatic N) is 1. The van der Waals surface area contributed by atoms with E-state index >= 15 is 0 Å². The highest BCUT2D eigenvalue weighted by molar-refractivity contribution is 6.29. The lowest BCUT2D eigenvalue weighted by molar-refractivity contribution is 0.102. The number of aryl methyl sites for hydroxylation is 1. The molecule has 1 aromatic heterocycles. The number of amides is 1. The summed E-state index contributed by atoms with van der Waals surface area (Å²) >= 11 is 5.78. The van der Waals surface area contributed by atoms with Gasteiger partial charge in [-0.05, 0) is 31.2 Å². The van der Waals surface area contributed by atoms with E-state index in [0.717, 1.165) is 0 Å². The smallest absolute Gasteiger partial charge is 0.259 e. The summed E-state index contributed by atoms with van der Waals surface area (Å²) in [5, 5.41) is 3.14. The van der Waals surface area contributed by atoms with E-state index in [9.17, 15) is 4.79 Å². The lowest BCUT2D eigenvalue weighted by atomic mass is 10.1. The fourth-order valence-electron chi connectivity index (χ4n) is 1.81. The Morgan fingerprint density at radius 1 is 1.35 bits per heavy atom. The molecule has 2 aromatic rings. The predicted molar refractivity (Wildman–Crippen MR) is 79.3 cm³/mol. The molecule has 0 saturated carbocycles. The van der Waals surface area contributed by atoms with Crippen molar-refractivity contribution in [1.29, 1.82) is 0 Å². The monoisotopic (exact) mass is 291 g/mol. The molecule has 2 rings (SSSR count). The SMILES string of the molecule is COc1c(N)cccc1C(=O)Nc1ccc(Cl)nc1C. The number of methoxy groups -OCH3 is 1. The first-order chi connectivity index (χ1) is 9.52. The predicted octanol–water partition coefficient (Wildman–Crippen LogP) is 2.89. The van der Waals surface area contributed by atoms with Crippen LogP contribution in [0.1, 0.15) is 16.1 Å². The minimum Gasteiger partial charge on any atom is -0.494 e. The van der Waals surface area contributed by atoms with Gasteiger partial charge >= 0.3 is 0 Å². The van der Waals surface area contributed by atoms with E-state index in [1.807, 2.05) is 0 Å². The summed E-state index contributed by atoms with van der Waals surface area (Å²) in [4.78, 5) is 16.4. The summed E-state index contributed by atoms with van der Waals surface area (Å²) in [5.41, 5.74) is 7.77. The second kappa shape index (κ2) is 5.79. The van der Waals surface area contributed by atoms with Gasteiger partial charge in [0.2, 0.25) is 0 Å². The molecule has 0 aliphatic carbocycles. The third-order valence-electron chi connectivity index (χ3n) is 2.79. The Balaban J connectivity index is 2.31. The molecule has 0 aliphatic heterocycles. The Hall–Kier alpha value is -2.27. The number of carbonyl (C=O) groups is 1. The first kappa shape index (κ1) is 14.1. The number of rotatable bonds is 3. The number of hydrogen-bond acceptors (Lipinski definition) is 4. The molecule has 104 valence electrons. The van der Waals surface area contributed by atoms with Crippen molar-refractivity contribution >= 4 is 28.9 Å². The first-order valence-electron chi connectivity index (χ1n) is 5.90. The van der Waals surface area contributed by atoms with Crippen LogP contribution < -0.4 is 15.8 Å². The average Bonchev–Trinajstić information content (AvgIpc) is 2.41. The molecule has 0 atom stereocenters. The molecule has 1 aromatic carbocycles. The third kappa shape index (κ3) is 2.83. The zero-order chi connectivity index (χ0) is 14.7. The number of para-hydroxylation sites is 1. The van der Waals surface area contributed by atoms with Crippen molar-refractivity contribution in [3.8, 4) is 5.75 Å². The van der Waals surface area contributed by atoms with Gasteiger partial charge in [0.25, 0.3) is 5.91 Å². The van der Waals surface area contributed by atoms with E-state index in [1.54, 1.807) is 37.3 Å². The van der Waals surface area contributed by atoms with Crippen LogP contribution in [0.2, 0.25) is 5.15 Å². The van der Waals surface area contributed by atoms with E-state index in [-0.39, 0.29) is 5.91 Å². The van der Waals surface area contributed by atoms with Gasteiger partial charge in [0, 0.05) is 0 Å². The Kier molecular flexibility index (Phi) is 4.10. The molecule has 0 unspecified atom stereocenters. The number of nitrogen functional groups attached to an aromatic ring is 1. The number of anilines is 2. The van der Waals surface area contributed by atoms with Crippen LogP contribution in [0.25, 0.3) is 0 Å². The van der Waals surface area contributed by atoms with Crippen molar-refractivity contribution in [3.05, 3.63) is 46.7 Å². The number of nitrogens with two attached hydrogens (primary N) is 1. The van der Waals surface area contributed by atoms with Gasteiger partial charge in [-0.2, -0.15) is 0 Å². The topological polar surface area (TPSA) is 77.2 Å². The van der Waals surface area contributed by atoms with E-state index in [0.29, 0.717) is 33.5 Å². The number of pyridine rings is 1.